The summed E-state index contributed by atoms with van der Waals surface area (Å²) in [5, 5.41) is 1.07. The van der Waals surface area contributed by atoms with E-state index in [1.165, 1.54) is 0 Å². The predicted octanol–water partition coefficient (Wildman–Crippen LogP) is 0.999. The maximum Gasteiger partial charge on any atom is 0.185 e. The summed E-state index contributed by atoms with van der Waals surface area (Å²) in [6.07, 6.45) is 1.88. The molecule has 14 heavy (non-hydrogen) atoms. The topological polar surface area (TPSA) is 51.4 Å². The van der Waals surface area contributed by atoms with E-state index in [0.29, 0.717) is 0 Å². The van der Waals surface area contributed by atoms with Crippen LogP contribution in [0.2, 0.25) is 0 Å². The first-order valence-electron chi connectivity index (χ1n) is 4.81. The van der Waals surface area contributed by atoms with Gasteiger partial charge in [0, 0.05) is 30.2 Å². The number of aromatic nitrogens is 1. The summed E-state index contributed by atoms with van der Waals surface area (Å²) in [6.45, 7) is 5.45. The third-order valence-corrected chi connectivity index (χ3v) is 3.50. The Labute approximate surface area is 87.7 Å². The molecule has 1 atom stereocenters. The summed E-state index contributed by atoms with van der Waals surface area (Å²) < 4.78 is 5.29. The minimum Gasteiger partial charge on any atom is -0.378 e. The van der Waals surface area contributed by atoms with Crippen LogP contribution in [0.3, 0.4) is 0 Å². The predicted molar refractivity (Wildman–Crippen MR) is 57.7 cm³/mol. The van der Waals surface area contributed by atoms with Gasteiger partial charge >= 0.3 is 0 Å². The first kappa shape index (κ1) is 9.89. The minimum absolute atomic E-state index is 0.0855. The number of thiazole rings is 1. The average Bonchev–Trinajstić information content (AvgIpc) is 2.68. The number of nitrogens with two attached hydrogens (primary N) is 1. The number of anilines is 1. The zero-order valence-electron chi connectivity index (χ0n) is 8.27. The summed E-state index contributed by atoms with van der Waals surface area (Å²) >= 11 is 1.68. The van der Waals surface area contributed by atoms with Crippen molar-refractivity contribution < 1.29 is 4.74 Å². The third-order valence-electron chi connectivity index (χ3n) is 2.24. The highest BCUT2D eigenvalue weighted by molar-refractivity contribution is 7.15. The van der Waals surface area contributed by atoms with Gasteiger partial charge < -0.3 is 15.4 Å². The highest BCUT2D eigenvalue weighted by Crippen LogP contribution is 2.26. The van der Waals surface area contributed by atoms with Crippen LogP contribution in [0.1, 0.15) is 17.8 Å². The van der Waals surface area contributed by atoms with Crippen LogP contribution in [-0.2, 0) is 4.74 Å². The molecule has 0 radical (unpaired) electrons. The molecule has 0 aromatic carbocycles. The molecule has 0 spiro atoms. The largest absolute Gasteiger partial charge is 0.378 e. The number of ether oxygens (including phenoxy) is 1. The van der Waals surface area contributed by atoms with Crippen LogP contribution in [0, 0.1) is 0 Å². The van der Waals surface area contributed by atoms with Crippen molar-refractivity contribution in [2.45, 2.75) is 13.0 Å². The van der Waals surface area contributed by atoms with E-state index in [1.54, 1.807) is 11.3 Å². The summed E-state index contributed by atoms with van der Waals surface area (Å²) in [4.78, 5) is 7.76. The molecule has 2 rings (SSSR count). The van der Waals surface area contributed by atoms with E-state index in [4.69, 9.17) is 10.5 Å². The maximum absolute atomic E-state index is 5.78. The molecule has 5 heteroatoms. The summed E-state index contributed by atoms with van der Waals surface area (Å²) in [7, 11) is 0. The first-order chi connectivity index (χ1) is 6.77. The first-order valence-corrected chi connectivity index (χ1v) is 5.63. The second-order valence-corrected chi connectivity index (χ2v) is 4.47. The smallest absolute Gasteiger partial charge is 0.185 e. The molecule has 0 bridgehead atoms. The Hall–Kier alpha value is -0.650. The number of rotatable bonds is 2. The lowest BCUT2D eigenvalue weighted by atomic mass is 10.3. The molecule has 1 saturated heterocycles. The Morgan fingerprint density at radius 2 is 2.29 bits per heavy atom. The molecule has 1 fully saturated rings. The number of hydrogen-bond acceptors (Lipinski definition) is 5. The molecule has 1 aromatic rings. The van der Waals surface area contributed by atoms with E-state index in [0.717, 1.165) is 36.3 Å². The lowest BCUT2D eigenvalue weighted by Crippen LogP contribution is -2.36. The van der Waals surface area contributed by atoms with Crippen LogP contribution in [0.5, 0.6) is 0 Å². The lowest BCUT2D eigenvalue weighted by molar-refractivity contribution is 0.122. The molecular weight excluding hydrogens is 198 g/mol. The van der Waals surface area contributed by atoms with Crippen molar-refractivity contribution in [2.75, 3.05) is 31.2 Å². The molecule has 0 amide bonds. The van der Waals surface area contributed by atoms with Gasteiger partial charge in [0.05, 0.1) is 13.2 Å². The van der Waals surface area contributed by atoms with Crippen LogP contribution < -0.4 is 10.6 Å². The summed E-state index contributed by atoms with van der Waals surface area (Å²) in [5.41, 5.74) is 5.78. The van der Waals surface area contributed by atoms with Gasteiger partial charge in [0.15, 0.2) is 5.13 Å². The molecule has 1 aliphatic rings. The van der Waals surface area contributed by atoms with Gasteiger partial charge in [-0.1, -0.05) is 0 Å². The van der Waals surface area contributed by atoms with Crippen LogP contribution in [0.25, 0.3) is 0 Å². The van der Waals surface area contributed by atoms with E-state index >= 15 is 0 Å². The Morgan fingerprint density at radius 1 is 1.57 bits per heavy atom. The van der Waals surface area contributed by atoms with Gasteiger partial charge in [0.1, 0.15) is 0 Å². The van der Waals surface area contributed by atoms with Crippen LogP contribution in [0.4, 0.5) is 5.13 Å². The minimum atomic E-state index is 0.0855. The third kappa shape index (κ3) is 2.05. The van der Waals surface area contributed by atoms with Crippen molar-refractivity contribution in [3.05, 3.63) is 11.1 Å². The van der Waals surface area contributed by atoms with Gasteiger partial charge in [-0.2, -0.15) is 0 Å². The monoisotopic (exact) mass is 213 g/mol. The quantitative estimate of drug-likeness (QED) is 0.796. The SMILES string of the molecule is C[C@@H](N)c1cnc(N2CCOCC2)s1. The fourth-order valence-electron chi connectivity index (χ4n) is 1.39. The van der Waals surface area contributed by atoms with E-state index < -0.39 is 0 Å². The fraction of sp³-hybridized carbons (Fsp3) is 0.667. The van der Waals surface area contributed by atoms with Crippen molar-refractivity contribution in [2.24, 2.45) is 5.73 Å². The van der Waals surface area contributed by atoms with E-state index in [-0.39, 0.29) is 6.04 Å². The van der Waals surface area contributed by atoms with Crippen LogP contribution in [-0.4, -0.2) is 31.3 Å². The molecule has 78 valence electrons. The number of hydrogen-bond donors (Lipinski definition) is 1. The highest BCUT2D eigenvalue weighted by Gasteiger charge is 2.15. The van der Waals surface area contributed by atoms with E-state index in [2.05, 4.69) is 9.88 Å². The average molecular weight is 213 g/mol. The Balaban J connectivity index is 2.07. The van der Waals surface area contributed by atoms with Gasteiger partial charge in [-0.15, -0.1) is 11.3 Å². The number of nitrogens with zero attached hydrogens (tertiary/aromatic N) is 2. The van der Waals surface area contributed by atoms with Gasteiger partial charge in [0.2, 0.25) is 0 Å². The molecule has 4 nitrogen and oxygen atoms in total. The van der Waals surface area contributed by atoms with Crippen LogP contribution in [0.15, 0.2) is 6.20 Å². The normalized spacial score (nSPS) is 19.7. The van der Waals surface area contributed by atoms with Gasteiger partial charge in [-0.05, 0) is 6.92 Å². The van der Waals surface area contributed by atoms with Crippen molar-refractivity contribution in [1.82, 2.24) is 4.98 Å². The highest BCUT2D eigenvalue weighted by atomic mass is 32.1. The fourth-order valence-corrected chi connectivity index (χ4v) is 2.31. The van der Waals surface area contributed by atoms with Crippen molar-refractivity contribution >= 4 is 16.5 Å². The Kier molecular flexibility index (Phi) is 3.00. The van der Waals surface area contributed by atoms with Crippen molar-refractivity contribution in [3.8, 4) is 0 Å². The number of morpholine rings is 1. The zero-order valence-corrected chi connectivity index (χ0v) is 9.09. The maximum atomic E-state index is 5.78. The molecular formula is C9H15N3OS. The molecule has 2 N–H and O–H groups in total. The molecule has 0 unspecified atom stereocenters. The van der Waals surface area contributed by atoms with Crippen molar-refractivity contribution in [1.29, 1.82) is 0 Å². The van der Waals surface area contributed by atoms with Gasteiger partial charge in [-0.3, -0.25) is 0 Å². The van der Waals surface area contributed by atoms with E-state index in [1.807, 2.05) is 13.1 Å². The van der Waals surface area contributed by atoms with Crippen LogP contribution >= 0.6 is 11.3 Å². The molecule has 1 aromatic heterocycles. The van der Waals surface area contributed by atoms with Crippen molar-refractivity contribution in [3.63, 3.8) is 0 Å². The molecule has 2 heterocycles. The second kappa shape index (κ2) is 4.25. The van der Waals surface area contributed by atoms with E-state index in [9.17, 15) is 0 Å². The molecule has 1 aliphatic heterocycles. The molecule has 0 aliphatic carbocycles. The molecule has 0 saturated carbocycles. The van der Waals surface area contributed by atoms with Gasteiger partial charge in [0.25, 0.3) is 0 Å². The summed E-state index contributed by atoms with van der Waals surface area (Å²) in [5.74, 6) is 0. The standard InChI is InChI=1S/C9H15N3OS/c1-7(10)8-6-11-9(14-8)12-2-4-13-5-3-12/h6-7H,2-5,10H2,1H3/t7-/m1/s1. The van der Waals surface area contributed by atoms with Gasteiger partial charge in [-0.25, -0.2) is 4.98 Å². The Bertz CT molecular complexity index is 294. The Morgan fingerprint density at radius 3 is 2.86 bits per heavy atom. The lowest BCUT2D eigenvalue weighted by Gasteiger charge is -2.26. The summed E-state index contributed by atoms with van der Waals surface area (Å²) in [6, 6.07) is 0.0855. The second-order valence-electron chi connectivity index (χ2n) is 3.43. The zero-order chi connectivity index (χ0) is 9.97.